The maximum atomic E-state index is 13.2. The Morgan fingerprint density at radius 2 is 2.14 bits per heavy atom. The predicted octanol–water partition coefficient (Wildman–Crippen LogP) is 4.32. The summed E-state index contributed by atoms with van der Waals surface area (Å²) in [6, 6.07) is 7.37. The molecule has 1 aromatic carbocycles. The van der Waals surface area contributed by atoms with E-state index in [0.717, 1.165) is 34.9 Å². The van der Waals surface area contributed by atoms with E-state index >= 15 is 0 Å². The third kappa shape index (κ3) is 5.82. The Morgan fingerprint density at radius 1 is 1.26 bits per heavy atom. The number of β-amino-alcohol motifs (C(OH)–C–C–N with tert-alkyl or cyclic N) is 1. The fourth-order valence-electron chi connectivity index (χ4n) is 6.22. The molecule has 0 unspecified atom stereocenters. The van der Waals surface area contributed by atoms with Crippen LogP contribution in [0.15, 0.2) is 78.4 Å². The molecule has 1 amide bonds. The first-order valence-electron chi connectivity index (χ1n) is 14.4. The molecule has 1 aliphatic carbocycles. The molecule has 11 nitrogen and oxygen atoms in total. The highest BCUT2D eigenvalue weighted by molar-refractivity contribution is 5.84. The Kier molecular flexibility index (Phi) is 8.09. The average molecular weight is 590 g/mol. The van der Waals surface area contributed by atoms with Crippen LogP contribution in [0.4, 0.5) is 4.79 Å². The lowest BCUT2D eigenvalue weighted by atomic mass is 9.78. The van der Waals surface area contributed by atoms with Crippen LogP contribution in [-0.4, -0.2) is 78.0 Å². The second kappa shape index (κ2) is 12.1. The molecule has 0 radical (unpaired) electrons. The number of methoxy groups -OCH3 is 2. The maximum absolute atomic E-state index is 13.2. The summed E-state index contributed by atoms with van der Waals surface area (Å²) in [5, 5.41) is 12.2. The van der Waals surface area contributed by atoms with E-state index in [1.807, 2.05) is 36.4 Å². The fraction of sp³-hybridized carbons (Fsp3) is 0.406. The summed E-state index contributed by atoms with van der Waals surface area (Å²) in [4.78, 5) is 33.7. The van der Waals surface area contributed by atoms with E-state index in [9.17, 15) is 14.7 Å². The number of likely N-dealkylation sites (tertiary alicyclic amines) is 1. The van der Waals surface area contributed by atoms with Crippen LogP contribution in [0.3, 0.4) is 0 Å². The molecule has 2 fully saturated rings. The molecular formula is C32H35N3O8. The summed E-state index contributed by atoms with van der Waals surface area (Å²) in [6.07, 6.45) is 11.4. The Hall–Kier alpha value is -4.35. The molecule has 3 atom stereocenters. The number of fused-ring (bicyclic) bond motifs is 1. The van der Waals surface area contributed by atoms with Crippen LogP contribution in [0.2, 0.25) is 0 Å². The first kappa shape index (κ1) is 28.8. The van der Waals surface area contributed by atoms with Gasteiger partial charge in [0.05, 0.1) is 38.8 Å². The molecule has 4 heterocycles. The number of hydrogen-bond acceptors (Lipinski definition) is 10. The van der Waals surface area contributed by atoms with Gasteiger partial charge in [-0.15, -0.1) is 0 Å². The van der Waals surface area contributed by atoms with Crippen molar-refractivity contribution in [2.75, 3.05) is 40.4 Å². The lowest BCUT2D eigenvalue weighted by Crippen LogP contribution is -2.55. The van der Waals surface area contributed by atoms with Gasteiger partial charge in [-0.05, 0) is 48.2 Å². The molecule has 2 saturated heterocycles. The second-order valence-corrected chi connectivity index (χ2v) is 11.1. The number of benzene rings is 1. The van der Waals surface area contributed by atoms with Crippen LogP contribution in [-0.2, 0) is 23.7 Å². The molecule has 43 heavy (non-hydrogen) atoms. The maximum Gasteiger partial charge on any atom is 0.417 e. The first-order chi connectivity index (χ1) is 20.9. The Bertz CT molecular complexity index is 1530. The Balaban J connectivity index is 1.18. The SMILES string of the molecule is COC(=O)C[C@@H]1CN(C[C@@H](O)c2ccnc3ccc(OC)cc23)CC[C@@]12CN(C1=COC=C(C3=CC=CCC3)O1)C(=O)O2. The quantitative estimate of drug-likeness (QED) is 0.446. The van der Waals surface area contributed by atoms with Crippen molar-refractivity contribution < 1.29 is 38.4 Å². The van der Waals surface area contributed by atoms with Crippen molar-refractivity contribution in [1.82, 2.24) is 14.8 Å². The third-order valence-electron chi connectivity index (χ3n) is 8.58. The van der Waals surface area contributed by atoms with Crippen molar-refractivity contribution in [3.63, 3.8) is 0 Å². The minimum absolute atomic E-state index is 0.0559. The fourth-order valence-corrected chi connectivity index (χ4v) is 6.22. The van der Waals surface area contributed by atoms with Gasteiger partial charge in [0.25, 0.3) is 0 Å². The zero-order valence-electron chi connectivity index (χ0n) is 24.2. The van der Waals surface area contributed by atoms with Gasteiger partial charge >= 0.3 is 12.1 Å². The number of nitrogens with zero attached hydrogens (tertiary/aromatic N) is 3. The Labute approximate surface area is 249 Å². The third-order valence-corrected chi connectivity index (χ3v) is 8.58. The van der Waals surface area contributed by atoms with Gasteiger partial charge in [-0.25, -0.2) is 9.69 Å². The largest absolute Gasteiger partial charge is 0.497 e. The number of ether oxygens (including phenoxy) is 5. The van der Waals surface area contributed by atoms with E-state index in [0.29, 0.717) is 37.6 Å². The molecule has 0 saturated carbocycles. The summed E-state index contributed by atoms with van der Waals surface area (Å²) < 4.78 is 28.1. The number of carbonyl (C=O) groups is 2. The minimum atomic E-state index is -0.943. The van der Waals surface area contributed by atoms with Gasteiger partial charge in [0.2, 0.25) is 5.88 Å². The molecule has 1 spiro atoms. The Morgan fingerprint density at radius 3 is 2.93 bits per heavy atom. The van der Waals surface area contributed by atoms with Gasteiger partial charge in [0, 0.05) is 43.6 Å². The lowest BCUT2D eigenvalue weighted by molar-refractivity contribution is -0.146. The van der Waals surface area contributed by atoms with Gasteiger partial charge < -0.3 is 28.8 Å². The van der Waals surface area contributed by atoms with E-state index in [1.54, 1.807) is 13.3 Å². The van der Waals surface area contributed by atoms with E-state index in [-0.39, 0.29) is 24.8 Å². The first-order valence-corrected chi connectivity index (χ1v) is 14.4. The number of aliphatic hydroxyl groups excluding tert-OH is 1. The van der Waals surface area contributed by atoms with Crippen LogP contribution in [0.1, 0.15) is 37.4 Å². The number of piperidine rings is 1. The topological polar surface area (TPSA) is 120 Å². The number of amides is 1. The van der Waals surface area contributed by atoms with Crippen molar-refractivity contribution >= 4 is 23.0 Å². The van der Waals surface area contributed by atoms with Crippen molar-refractivity contribution in [3.8, 4) is 5.75 Å². The van der Waals surface area contributed by atoms with Crippen molar-refractivity contribution in [3.05, 3.63) is 84.0 Å². The molecule has 6 rings (SSSR count). The van der Waals surface area contributed by atoms with Crippen LogP contribution in [0, 0.1) is 5.92 Å². The number of aromatic nitrogens is 1. The molecule has 11 heteroatoms. The summed E-state index contributed by atoms with van der Waals surface area (Å²) >= 11 is 0. The number of pyridine rings is 1. The number of rotatable bonds is 8. The molecule has 1 aromatic heterocycles. The highest BCUT2D eigenvalue weighted by atomic mass is 16.6. The van der Waals surface area contributed by atoms with Gasteiger partial charge in [-0.2, -0.15) is 0 Å². The highest BCUT2D eigenvalue weighted by Crippen LogP contribution is 2.42. The number of allylic oxidation sites excluding steroid dienone is 4. The van der Waals surface area contributed by atoms with Gasteiger partial charge in [-0.1, -0.05) is 18.2 Å². The van der Waals surface area contributed by atoms with Gasteiger partial charge in [-0.3, -0.25) is 14.7 Å². The normalized spacial score (nSPS) is 24.4. The van der Waals surface area contributed by atoms with E-state index in [1.165, 1.54) is 24.5 Å². The number of carbonyl (C=O) groups excluding carboxylic acids is 2. The average Bonchev–Trinajstić information content (AvgIpc) is 3.38. The van der Waals surface area contributed by atoms with Gasteiger partial charge in [0.15, 0.2) is 12.0 Å². The predicted molar refractivity (Wildman–Crippen MR) is 155 cm³/mol. The molecule has 0 bridgehead atoms. The molecular weight excluding hydrogens is 554 g/mol. The molecule has 2 aromatic rings. The van der Waals surface area contributed by atoms with Crippen molar-refractivity contribution in [1.29, 1.82) is 0 Å². The summed E-state index contributed by atoms with van der Waals surface area (Å²) in [5.74, 6) is 0.691. The number of aliphatic hydroxyl groups is 1. The van der Waals surface area contributed by atoms with Gasteiger partial charge in [0.1, 0.15) is 17.6 Å². The van der Waals surface area contributed by atoms with E-state index < -0.39 is 23.8 Å². The number of hydrogen-bond donors (Lipinski definition) is 1. The molecule has 3 aliphatic heterocycles. The van der Waals surface area contributed by atoms with Crippen molar-refractivity contribution in [2.24, 2.45) is 5.92 Å². The van der Waals surface area contributed by atoms with Crippen LogP contribution in [0.25, 0.3) is 10.9 Å². The number of esters is 1. The molecule has 4 aliphatic rings. The lowest BCUT2D eigenvalue weighted by Gasteiger charge is -2.44. The zero-order valence-corrected chi connectivity index (χ0v) is 24.2. The van der Waals surface area contributed by atoms with E-state index in [4.69, 9.17) is 23.7 Å². The van der Waals surface area contributed by atoms with Crippen molar-refractivity contribution in [2.45, 2.75) is 37.4 Å². The summed E-state index contributed by atoms with van der Waals surface area (Å²) in [5.41, 5.74) is 1.53. The molecule has 226 valence electrons. The minimum Gasteiger partial charge on any atom is -0.497 e. The zero-order chi connectivity index (χ0) is 30.0. The van der Waals surface area contributed by atoms with Crippen LogP contribution >= 0.6 is 0 Å². The summed E-state index contributed by atoms with van der Waals surface area (Å²) in [7, 11) is 2.94. The van der Waals surface area contributed by atoms with Crippen LogP contribution in [0.5, 0.6) is 5.75 Å². The van der Waals surface area contributed by atoms with E-state index in [2.05, 4.69) is 16.0 Å². The highest BCUT2D eigenvalue weighted by Gasteiger charge is 2.55. The molecule has 1 N–H and O–H groups in total. The standard InChI is InChI=1S/C32H35N3O8/c1-39-23-8-9-26-25(15-23)24(10-12-33-26)27(36)17-34-13-11-32(22(16-34)14-30(37)40-2)20-35(31(38)43-32)29-19-41-18-28(42-29)21-6-4-3-5-7-21/h3-4,6,8-10,12,15,18-19,22,27,36H,5,7,11,13-14,16-17,20H2,1-2H3/t22-,27-,32-/m1/s1. The monoisotopic (exact) mass is 589 g/mol. The smallest absolute Gasteiger partial charge is 0.417 e. The summed E-state index contributed by atoms with van der Waals surface area (Å²) in [6.45, 7) is 1.48. The second-order valence-electron chi connectivity index (χ2n) is 11.1. The van der Waals surface area contributed by atoms with Crippen LogP contribution < -0.4 is 4.74 Å².